The molecule has 0 unspecified atom stereocenters. The first-order valence-electron chi connectivity index (χ1n) is 7.18. The number of hydrogen-bond donors (Lipinski definition) is 2. The predicted octanol–water partition coefficient (Wildman–Crippen LogP) is 3.34. The maximum Gasteiger partial charge on any atom is 0.407 e. The molecule has 0 aliphatic carbocycles. The normalized spacial score (nSPS) is 9.75. The average Bonchev–Trinajstić information content (AvgIpc) is 2.60. The van der Waals surface area contributed by atoms with Crippen molar-refractivity contribution in [1.82, 2.24) is 5.32 Å². The van der Waals surface area contributed by atoms with Crippen molar-refractivity contribution in [3.05, 3.63) is 65.2 Å². The monoisotopic (exact) mass is 331 g/mol. The molecule has 0 aliphatic heterocycles. The second-order valence-corrected chi connectivity index (χ2v) is 4.80. The van der Waals surface area contributed by atoms with Gasteiger partial charge in [0.25, 0.3) is 0 Å². The van der Waals surface area contributed by atoms with E-state index in [-0.39, 0.29) is 25.1 Å². The quantitative estimate of drug-likeness (QED) is 0.667. The summed E-state index contributed by atoms with van der Waals surface area (Å²) in [5, 5.41) is 11.5. The molecule has 4 nitrogen and oxygen atoms in total. The Balaban J connectivity index is 1.73. The van der Waals surface area contributed by atoms with Crippen LogP contribution in [0.2, 0.25) is 0 Å². The van der Waals surface area contributed by atoms with E-state index >= 15 is 0 Å². The molecule has 2 rings (SSSR count). The molecule has 0 atom stereocenters. The molecule has 0 spiro atoms. The molecule has 0 heterocycles. The van der Waals surface area contributed by atoms with Crippen molar-refractivity contribution < 1.29 is 23.4 Å². The summed E-state index contributed by atoms with van der Waals surface area (Å²) in [5.41, 5.74) is 0.717. The lowest BCUT2D eigenvalue weighted by Gasteiger charge is -2.05. The Morgan fingerprint density at radius 3 is 2.62 bits per heavy atom. The van der Waals surface area contributed by atoms with Crippen LogP contribution >= 0.6 is 0 Å². The Labute approximate surface area is 138 Å². The second-order valence-electron chi connectivity index (χ2n) is 4.80. The van der Waals surface area contributed by atoms with Crippen LogP contribution in [-0.4, -0.2) is 17.7 Å². The highest BCUT2D eigenvalue weighted by atomic mass is 19.2. The van der Waals surface area contributed by atoms with E-state index in [2.05, 4.69) is 17.2 Å². The number of carbonyl (C=O) groups excluding carboxylic acids is 1. The number of carbonyl (C=O) groups is 1. The van der Waals surface area contributed by atoms with E-state index < -0.39 is 23.5 Å². The molecule has 2 aromatic rings. The van der Waals surface area contributed by atoms with Crippen molar-refractivity contribution in [2.24, 2.45) is 0 Å². The number of rotatable bonds is 4. The summed E-state index contributed by atoms with van der Waals surface area (Å²) in [6.07, 6.45) is -0.343. The highest BCUT2D eigenvalue weighted by molar-refractivity contribution is 5.67. The predicted molar refractivity (Wildman–Crippen MR) is 84.1 cm³/mol. The summed E-state index contributed by atoms with van der Waals surface area (Å²) >= 11 is 0. The second kappa shape index (κ2) is 8.53. The molecular formula is C18H15F2NO3. The molecule has 0 radical (unpaired) electrons. The van der Waals surface area contributed by atoms with Crippen LogP contribution in [0.4, 0.5) is 13.6 Å². The highest BCUT2D eigenvalue weighted by Crippen LogP contribution is 2.20. The van der Waals surface area contributed by atoms with Crippen LogP contribution < -0.4 is 5.32 Å². The molecule has 24 heavy (non-hydrogen) atoms. The summed E-state index contributed by atoms with van der Waals surface area (Å²) in [7, 11) is 0. The zero-order valence-electron chi connectivity index (χ0n) is 12.7. The van der Waals surface area contributed by atoms with Crippen LogP contribution in [0.15, 0.2) is 42.5 Å². The molecule has 0 bridgehead atoms. The fourth-order valence-corrected chi connectivity index (χ4v) is 1.79. The number of benzene rings is 2. The van der Waals surface area contributed by atoms with Crippen LogP contribution in [0.1, 0.15) is 17.5 Å². The lowest BCUT2D eigenvalue weighted by Crippen LogP contribution is -2.24. The number of phenols is 1. The first-order valence-corrected chi connectivity index (χ1v) is 7.18. The van der Waals surface area contributed by atoms with E-state index in [1.54, 1.807) is 0 Å². The zero-order chi connectivity index (χ0) is 17.4. The topological polar surface area (TPSA) is 58.6 Å². The van der Waals surface area contributed by atoms with Gasteiger partial charge in [-0.25, -0.2) is 9.18 Å². The number of phenolic OH excluding ortho intramolecular Hbond substituents is 1. The van der Waals surface area contributed by atoms with Crippen molar-refractivity contribution in [3.63, 3.8) is 0 Å². The standard InChI is InChI=1S/C18H15F2NO3/c19-16-14(9-10-15(22)17(16)20)8-4-5-11-21-18(23)24-12-13-6-2-1-3-7-13/h1-3,6-7,9-10,22H,5,11-12H2,(H,21,23). The van der Waals surface area contributed by atoms with E-state index in [0.29, 0.717) is 0 Å². The van der Waals surface area contributed by atoms with Gasteiger partial charge in [-0.2, -0.15) is 4.39 Å². The van der Waals surface area contributed by atoms with Gasteiger partial charge in [0.05, 0.1) is 5.56 Å². The van der Waals surface area contributed by atoms with Gasteiger partial charge < -0.3 is 15.2 Å². The van der Waals surface area contributed by atoms with Crippen molar-refractivity contribution in [1.29, 1.82) is 0 Å². The molecule has 2 N–H and O–H groups in total. The van der Waals surface area contributed by atoms with Gasteiger partial charge in [0.15, 0.2) is 11.6 Å². The first-order chi connectivity index (χ1) is 11.6. The molecule has 0 saturated carbocycles. The van der Waals surface area contributed by atoms with E-state index in [1.807, 2.05) is 30.3 Å². The summed E-state index contributed by atoms with van der Waals surface area (Å²) in [5.74, 6) is 1.77. The third-order valence-electron chi connectivity index (χ3n) is 3.02. The van der Waals surface area contributed by atoms with Gasteiger partial charge in [-0.1, -0.05) is 42.2 Å². The summed E-state index contributed by atoms with van der Waals surface area (Å²) in [4.78, 5) is 11.5. The lowest BCUT2D eigenvalue weighted by atomic mass is 10.2. The first kappa shape index (κ1) is 17.3. The molecule has 2 aromatic carbocycles. The van der Waals surface area contributed by atoms with E-state index in [9.17, 15) is 13.6 Å². The van der Waals surface area contributed by atoms with Crippen molar-refractivity contribution >= 4 is 6.09 Å². The van der Waals surface area contributed by atoms with Gasteiger partial charge in [-0.3, -0.25) is 0 Å². The number of alkyl carbamates (subject to hydrolysis) is 1. The zero-order valence-corrected chi connectivity index (χ0v) is 12.7. The smallest absolute Gasteiger partial charge is 0.407 e. The number of nitrogens with one attached hydrogen (secondary N) is 1. The van der Waals surface area contributed by atoms with Crippen LogP contribution in [0.3, 0.4) is 0 Å². The van der Waals surface area contributed by atoms with Gasteiger partial charge >= 0.3 is 6.09 Å². The Kier molecular flexibility index (Phi) is 6.15. The molecular weight excluding hydrogens is 316 g/mol. The molecule has 0 aliphatic rings. The van der Waals surface area contributed by atoms with Crippen LogP contribution in [0, 0.1) is 23.5 Å². The maximum atomic E-state index is 13.4. The Morgan fingerprint density at radius 1 is 1.12 bits per heavy atom. The molecule has 0 aromatic heterocycles. The number of ether oxygens (including phenoxy) is 1. The fraction of sp³-hybridized carbons (Fsp3) is 0.167. The molecule has 0 saturated heterocycles. The molecule has 1 amide bonds. The number of halogens is 2. The number of amides is 1. The fourth-order valence-electron chi connectivity index (χ4n) is 1.79. The van der Waals surface area contributed by atoms with Crippen molar-refractivity contribution in [3.8, 4) is 17.6 Å². The van der Waals surface area contributed by atoms with E-state index in [1.165, 1.54) is 6.07 Å². The maximum absolute atomic E-state index is 13.4. The van der Waals surface area contributed by atoms with E-state index in [0.717, 1.165) is 11.6 Å². The van der Waals surface area contributed by atoms with Gasteiger partial charge in [-0.05, 0) is 17.7 Å². The van der Waals surface area contributed by atoms with Gasteiger partial charge in [-0.15, -0.1) is 0 Å². The number of aromatic hydroxyl groups is 1. The molecule has 0 fully saturated rings. The van der Waals surface area contributed by atoms with Crippen LogP contribution in [0.5, 0.6) is 5.75 Å². The summed E-state index contributed by atoms with van der Waals surface area (Å²) in [6, 6.07) is 11.4. The van der Waals surface area contributed by atoms with E-state index in [4.69, 9.17) is 9.84 Å². The van der Waals surface area contributed by atoms with Gasteiger partial charge in [0.2, 0.25) is 5.82 Å². The van der Waals surface area contributed by atoms with Gasteiger partial charge in [0, 0.05) is 13.0 Å². The molecule has 124 valence electrons. The number of hydrogen-bond acceptors (Lipinski definition) is 3. The SMILES string of the molecule is O=C(NCCC#Cc1ccc(O)c(F)c1F)OCc1ccccc1. The highest BCUT2D eigenvalue weighted by Gasteiger charge is 2.10. The van der Waals surface area contributed by atoms with Crippen LogP contribution in [0.25, 0.3) is 0 Å². The van der Waals surface area contributed by atoms with Crippen molar-refractivity contribution in [2.75, 3.05) is 6.54 Å². The van der Waals surface area contributed by atoms with Gasteiger partial charge in [0.1, 0.15) is 6.61 Å². The Bertz CT molecular complexity index is 767. The lowest BCUT2D eigenvalue weighted by molar-refractivity contribution is 0.140. The Hall–Kier alpha value is -3.07. The minimum absolute atomic E-state index is 0.156. The molecule has 6 heteroatoms. The third kappa shape index (κ3) is 4.99. The largest absolute Gasteiger partial charge is 0.505 e. The third-order valence-corrected chi connectivity index (χ3v) is 3.02. The summed E-state index contributed by atoms with van der Waals surface area (Å²) < 4.78 is 31.6. The van der Waals surface area contributed by atoms with Crippen LogP contribution in [-0.2, 0) is 11.3 Å². The minimum atomic E-state index is -1.33. The summed E-state index contributed by atoms with van der Waals surface area (Å²) in [6.45, 7) is 0.374. The Morgan fingerprint density at radius 2 is 1.88 bits per heavy atom. The van der Waals surface area contributed by atoms with Crippen molar-refractivity contribution in [2.45, 2.75) is 13.0 Å². The average molecular weight is 331 g/mol. The minimum Gasteiger partial charge on any atom is -0.505 e.